The maximum Gasteiger partial charge on any atom is 0.434 e. The van der Waals surface area contributed by atoms with Gasteiger partial charge in [0, 0.05) is 6.20 Å². The summed E-state index contributed by atoms with van der Waals surface area (Å²) in [6.45, 7) is 1.29. The summed E-state index contributed by atoms with van der Waals surface area (Å²) in [4.78, 5) is 17.2. The number of nitrogens with two attached hydrogens (primary N) is 1. The number of amides is 1. The Balaban J connectivity index is 3.38. The molecule has 0 aliphatic rings. The summed E-state index contributed by atoms with van der Waals surface area (Å²) in [7, 11) is 0. The minimum atomic E-state index is -4.70. The van der Waals surface area contributed by atoms with Crippen LogP contribution in [0.15, 0.2) is 6.20 Å². The van der Waals surface area contributed by atoms with Crippen molar-refractivity contribution < 1.29 is 18.0 Å². The standard InChI is InChI=1S/C7H6F3N3O/c1-3-12-2-4(6(11)14)5(13-3)7(8,9)10/h2H,1H3,(H2,11,14). The van der Waals surface area contributed by atoms with Crippen LogP contribution in [0.1, 0.15) is 21.9 Å². The molecule has 14 heavy (non-hydrogen) atoms. The SMILES string of the molecule is Cc1ncc(C(N)=O)c(C(F)(F)F)n1. The van der Waals surface area contributed by atoms with Crippen LogP contribution in [0.25, 0.3) is 0 Å². The summed E-state index contributed by atoms with van der Waals surface area (Å²) in [6.07, 6.45) is -3.93. The Kier molecular flexibility index (Phi) is 2.41. The molecule has 0 saturated heterocycles. The smallest absolute Gasteiger partial charge is 0.365 e. The molecule has 76 valence electrons. The molecule has 0 aliphatic heterocycles. The molecule has 1 amide bonds. The maximum atomic E-state index is 12.3. The summed E-state index contributed by atoms with van der Waals surface area (Å²) in [5, 5.41) is 0. The Hall–Kier alpha value is -1.66. The van der Waals surface area contributed by atoms with Gasteiger partial charge in [0.05, 0.1) is 5.56 Å². The second kappa shape index (κ2) is 3.24. The zero-order valence-electron chi connectivity index (χ0n) is 7.09. The minimum Gasteiger partial charge on any atom is -0.365 e. The molecule has 0 radical (unpaired) electrons. The first-order valence-corrected chi connectivity index (χ1v) is 3.53. The fourth-order valence-corrected chi connectivity index (χ4v) is 0.866. The highest BCUT2D eigenvalue weighted by atomic mass is 19.4. The number of aromatic nitrogens is 2. The fourth-order valence-electron chi connectivity index (χ4n) is 0.866. The molecule has 1 heterocycles. The molecule has 1 aromatic heterocycles. The van der Waals surface area contributed by atoms with E-state index in [2.05, 4.69) is 9.97 Å². The monoisotopic (exact) mass is 205 g/mol. The highest BCUT2D eigenvalue weighted by Gasteiger charge is 2.37. The Morgan fingerprint density at radius 1 is 1.50 bits per heavy atom. The lowest BCUT2D eigenvalue weighted by Crippen LogP contribution is -2.21. The van der Waals surface area contributed by atoms with Crippen LogP contribution >= 0.6 is 0 Å². The minimum absolute atomic E-state index is 0.0673. The van der Waals surface area contributed by atoms with Gasteiger partial charge in [0.2, 0.25) is 0 Å². The predicted molar refractivity (Wildman–Crippen MR) is 40.3 cm³/mol. The number of carbonyl (C=O) groups excluding carboxylic acids is 1. The number of aryl methyl sites for hydroxylation is 1. The number of halogens is 3. The molecule has 0 fully saturated rings. The molecule has 0 aliphatic carbocycles. The molecular formula is C7H6F3N3O. The van der Waals surface area contributed by atoms with Crippen LogP contribution in [0.3, 0.4) is 0 Å². The van der Waals surface area contributed by atoms with Gasteiger partial charge in [-0.2, -0.15) is 13.2 Å². The van der Waals surface area contributed by atoms with Gasteiger partial charge in [-0.05, 0) is 6.92 Å². The third kappa shape index (κ3) is 1.98. The Morgan fingerprint density at radius 2 is 2.07 bits per heavy atom. The van der Waals surface area contributed by atoms with Crippen molar-refractivity contribution in [3.05, 3.63) is 23.3 Å². The van der Waals surface area contributed by atoms with Crippen molar-refractivity contribution in [1.82, 2.24) is 9.97 Å². The van der Waals surface area contributed by atoms with Crippen LogP contribution in [0.4, 0.5) is 13.2 Å². The van der Waals surface area contributed by atoms with Crippen LogP contribution in [-0.4, -0.2) is 15.9 Å². The third-order valence-corrected chi connectivity index (χ3v) is 1.44. The van der Waals surface area contributed by atoms with E-state index in [0.29, 0.717) is 0 Å². The average molecular weight is 205 g/mol. The number of hydrogen-bond donors (Lipinski definition) is 1. The van der Waals surface area contributed by atoms with E-state index in [1.807, 2.05) is 0 Å². The molecule has 0 bridgehead atoms. The average Bonchev–Trinajstić information content (AvgIpc) is 2.01. The second-order valence-corrected chi connectivity index (χ2v) is 2.54. The largest absolute Gasteiger partial charge is 0.434 e. The first-order valence-electron chi connectivity index (χ1n) is 3.53. The summed E-state index contributed by atoms with van der Waals surface area (Å²) < 4.78 is 36.9. The van der Waals surface area contributed by atoms with Gasteiger partial charge in [0.15, 0.2) is 5.69 Å². The highest BCUT2D eigenvalue weighted by molar-refractivity contribution is 5.93. The van der Waals surface area contributed by atoms with Crippen LogP contribution in [0, 0.1) is 6.92 Å². The molecular weight excluding hydrogens is 199 g/mol. The number of hydrogen-bond acceptors (Lipinski definition) is 3. The lowest BCUT2D eigenvalue weighted by Gasteiger charge is -2.09. The summed E-state index contributed by atoms with van der Waals surface area (Å²) in [5.41, 5.74) is 2.73. The van der Waals surface area contributed by atoms with E-state index in [1.54, 1.807) is 0 Å². The third-order valence-electron chi connectivity index (χ3n) is 1.44. The lowest BCUT2D eigenvalue weighted by molar-refractivity contribution is -0.141. The van der Waals surface area contributed by atoms with Crippen LogP contribution in [-0.2, 0) is 6.18 Å². The zero-order chi connectivity index (χ0) is 10.9. The molecule has 0 unspecified atom stereocenters. The molecule has 2 N–H and O–H groups in total. The quantitative estimate of drug-likeness (QED) is 0.740. The van der Waals surface area contributed by atoms with Gasteiger partial charge < -0.3 is 5.73 Å². The molecule has 0 saturated carbocycles. The molecule has 0 aromatic carbocycles. The van der Waals surface area contributed by atoms with E-state index in [9.17, 15) is 18.0 Å². The van der Waals surface area contributed by atoms with Gasteiger partial charge in [-0.1, -0.05) is 0 Å². The van der Waals surface area contributed by atoms with Crippen molar-refractivity contribution in [3.8, 4) is 0 Å². The fraction of sp³-hybridized carbons (Fsp3) is 0.286. The van der Waals surface area contributed by atoms with Crippen molar-refractivity contribution >= 4 is 5.91 Å². The van der Waals surface area contributed by atoms with Crippen molar-refractivity contribution in [1.29, 1.82) is 0 Å². The van der Waals surface area contributed by atoms with Gasteiger partial charge in [-0.15, -0.1) is 0 Å². The van der Waals surface area contributed by atoms with E-state index in [0.717, 1.165) is 6.20 Å². The molecule has 0 atom stereocenters. The van der Waals surface area contributed by atoms with Gasteiger partial charge in [0.1, 0.15) is 5.82 Å². The van der Waals surface area contributed by atoms with E-state index in [1.165, 1.54) is 6.92 Å². The van der Waals surface area contributed by atoms with Crippen molar-refractivity contribution in [2.75, 3.05) is 0 Å². The van der Waals surface area contributed by atoms with Crippen LogP contribution < -0.4 is 5.73 Å². The normalized spacial score (nSPS) is 11.4. The first-order chi connectivity index (χ1) is 6.32. The second-order valence-electron chi connectivity index (χ2n) is 2.54. The van der Waals surface area contributed by atoms with Gasteiger partial charge >= 0.3 is 6.18 Å². The van der Waals surface area contributed by atoms with Crippen molar-refractivity contribution in [2.45, 2.75) is 13.1 Å². The summed E-state index contributed by atoms with van der Waals surface area (Å²) >= 11 is 0. The first kappa shape index (κ1) is 10.4. The van der Waals surface area contributed by atoms with E-state index < -0.39 is 23.3 Å². The number of primary amides is 1. The number of nitrogens with zero attached hydrogens (tertiary/aromatic N) is 2. The van der Waals surface area contributed by atoms with E-state index >= 15 is 0 Å². The predicted octanol–water partition coefficient (Wildman–Crippen LogP) is 0.903. The Labute approximate surface area is 77.0 Å². The number of rotatable bonds is 1. The van der Waals surface area contributed by atoms with Gasteiger partial charge in [0.25, 0.3) is 5.91 Å². The summed E-state index contributed by atoms with van der Waals surface area (Å²) in [6, 6.07) is 0. The summed E-state index contributed by atoms with van der Waals surface area (Å²) in [5.74, 6) is -1.26. The van der Waals surface area contributed by atoms with Gasteiger partial charge in [-0.3, -0.25) is 4.79 Å². The number of carbonyl (C=O) groups is 1. The molecule has 1 aromatic rings. The molecule has 0 spiro atoms. The molecule has 1 rings (SSSR count). The van der Waals surface area contributed by atoms with Crippen molar-refractivity contribution in [2.24, 2.45) is 5.73 Å². The van der Waals surface area contributed by atoms with E-state index in [4.69, 9.17) is 5.73 Å². The topological polar surface area (TPSA) is 68.9 Å². The van der Waals surface area contributed by atoms with Crippen molar-refractivity contribution in [3.63, 3.8) is 0 Å². The van der Waals surface area contributed by atoms with Gasteiger partial charge in [-0.25, -0.2) is 9.97 Å². The maximum absolute atomic E-state index is 12.3. The molecule has 4 nitrogen and oxygen atoms in total. The Bertz CT molecular complexity index is 375. The van der Waals surface area contributed by atoms with Crippen LogP contribution in [0.2, 0.25) is 0 Å². The molecule has 7 heteroatoms. The van der Waals surface area contributed by atoms with Crippen LogP contribution in [0.5, 0.6) is 0 Å². The lowest BCUT2D eigenvalue weighted by atomic mass is 10.2. The van der Waals surface area contributed by atoms with E-state index in [-0.39, 0.29) is 5.82 Å². The zero-order valence-corrected chi connectivity index (χ0v) is 7.09. The Morgan fingerprint density at radius 3 is 2.50 bits per heavy atom. The number of alkyl halides is 3. The highest BCUT2D eigenvalue weighted by Crippen LogP contribution is 2.29.